The molecule has 16 heavy (non-hydrogen) atoms. The van der Waals surface area contributed by atoms with Gasteiger partial charge in [0.25, 0.3) is 0 Å². The van der Waals surface area contributed by atoms with E-state index in [1.807, 2.05) is 6.07 Å². The summed E-state index contributed by atoms with van der Waals surface area (Å²) in [5.74, 6) is -0.403. The van der Waals surface area contributed by atoms with Gasteiger partial charge in [-0.15, -0.1) is 0 Å². The molecule has 0 N–H and O–H groups in total. The lowest BCUT2D eigenvalue weighted by Gasteiger charge is -2.02. The van der Waals surface area contributed by atoms with Crippen LogP contribution in [0.3, 0.4) is 0 Å². The van der Waals surface area contributed by atoms with Crippen molar-refractivity contribution in [1.82, 2.24) is 0 Å². The number of hydrogen-bond acceptors (Lipinski definition) is 1. The lowest BCUT2D eigenvalue weighted by atomic mass is 10.2. The Morgan fingerprint density at radius 2 is 1.56 bits per heavy atom. The van der Waals surface area contributed by atoms with Crippen molar-refractivity contribution < 1.29 is 9.13 Å². The molecule has 2 rings (SSSR count). The fraction of sp³-hybridized carbons (Fsp3) is 0. The molecule has 0 aliphatic rings. The smallest absolute Gasteiger partial charge is 0.216 e. The molecule has 0 aromatic heterocycles. The quantitative estimate of drug-likeness (QED) is 0.327. The largest absolute Gasteiger partial charge is 0.618 e. The average Bonchev–Trinajstić information content (AvgIpc) is 2.33. The van der Waals surface area contributed by atoms with Gasteiger partial charge in [0.15, 0.2) is 6.21 Å². The number of benzene rings is 2. The van der Waals surface area contributed by atoms with Crippen LogP contribution in [0.4, 0.5) is 10.1 Å². The summed E-state index contributed by atoms with van der Waals surface area (Å²) in [5.41, 5.74) is 0.757. The van der Waals surface area contributed by atoms with E-state index in [0.29, 0.717) is 10.4 Å². The highest BCUT2D eigenvalue weighted by Gasteiger charge is 2.03. The summed E-state index contributed by atoms with van der Waals surface area (Å²) in [6.07, 6.45) is 1.23. The predicted molar refractivity (Wildman–Crippen MR) is 61.3 cm³/mol. The molecule has 0 fully saturated rings. The fourth-order valence-corrected chi connectivity index (χ4v) is 1.36. The Balaban J connectivity index is 2.36. The van der Waals surface area contributed by atoms with Crippen molar-refractivity contribution in [2.75, 3.05) is 0 Å². The second-order valence-electron chi connectivity index (χ2n) is 3.31. The van der Waals surface area contributed by atoms with E-state index in [1.54, 1.807) is 42.5 Å². The van der Waals surface area contributed by atoms with Crippen molar-refractivity contribution >= 4 is 11.9 Å². The van der Waals surface area contributed by atoms with Gasteiger partial charge in [0.05, 0.1) is 5.56 Å². The summed E-state index contributed by atoms with van der Waals surface area (Å²) in [7, 11) is 0. The highest BCUT2D eigenvalue weighted by atomic mass is 19.1. The second kappa shape index (κ2) is 4.57. The minimum atomic E-state index is -0.403. The zero-order valence-electron chi connectivity index (χ0n) is 8.51. The van der Waals surface area contributed by atoms with Crippen LogP contribution in [0.5, 0.6) is 0 Å². The van der Waals surface area contributed by atoms with Crippen molar-refractivity contribution in [3.63, 3.8) is 0 Å². The van der Waals surface area contributed by atoms with Crippen LogP contribution in [0.15, 0.2) is 54.6 Å². The van der Waals surface area contributed by atoms with Crippen LogP contribution in [0.2, 0.25) is 0 Å². The van der Waals surface area contributed by atoms with E-state index >= 15 is 0 Å². The van der Waals surface area contributed by atoms with E-state index in [0.717, 1.165) is 0 Å². The van der Waals surface area contributed by atoms with Gasteiger partial charge in [-0.2, -0.15) is 4.74 Å². The normalized spacial score (nSPS) is 11.4. The maximum atomic E-state index is 13.3. The van der Waals surface area contributed by atoms with Crippen LogP contribution in [-0.2, 0) is 0 Å². The van der Waals surface area contributed by atoms with Gasteiger partial charge < -0.3 is 5.21 Å². The van der Waals surface area contributed by atoms with Gasteiger partial charge in [0, 0.05) is 12.1 Å². The molecule has 0 aliphatic carbocycles. The zero-order valence-corrected chi connectivity index (χ0v) is 8.51. The molecule has 0 spiro atoms. The van der Waals surface area contributed by atoms with Crippen LogP contribution in [0.1, 0.15) is 5.56 Å². The van der Waals surface area contributed by atoms with E-state index in [9.17, 15) is 9.60 Å². The number of halogens is 1. The molecule has 3 heteroatoms. The Morgan fingerprint density at radius 1 is 0.938 bits per heavy atom. The summed E-state index contributed by atoms with van der Waals surface area (Å²) in [5, 5.41) is 11.7. The summed E-state index contributed by atoms with van der Waals surface area (Å²) in [6.45, 7) is 0. The van der Waals surface area contributed by atoms with Crippen molar-refractivity contribution in [3.05, 3.63) is 71.2 Å². The monoisotopic (exact) mass is 215 g/mol. The Bertz CT molecular complexity index is 508. The summed E-state index contributed by atoms with van der Waals surface area (Å²) < 4.78 is 13.9. The third-order valence-corrected chi connectivity index (χ3v) is 2.17. The highest BCUT2D eigenvalue weighted by molar-refractivity contribution is 5.76. The first-order chi connectivity index (χ1) is 7.77. The first-order valence-corrected chi connectivity index (χ1v) is 4.88. The van der Waals surface area contributed by atoms with E-state index in [4.69, 9.17) is 0 Å². The fourth-order valence-electron chi connectivity index (χ4n) is 1.36. The van der Waals surface area contributed by atoms with Crippen LogP contribution < -0.4 is 0 Å². The van der Waals surface area contributed by atoms with Gasteiger partial charge in [-0.1, -0.05) is 30.3 Å². The Labute approximate surface area is 92.9 Å². The molecule has 0 bridgehead atoms. The maximum absolute atomic E-state index is 13.3. The summed E-state index contributed by atoms with van der Waals surface area (Å²) >= 11 is 0. The summed E-state index contributed by atoms with van der Waals surface area (Å²) in [6, 6.07) is 14.8. The molecule has 0 aliphatic heterocycles. The standard InChI is InChI=1S/C13H10FNO/c14-13-9-5-4-6-11(13)10-15(16)12-7-2-1-3-8-12/h1-10H/b15-10+. The number of hydrogen-bond donors (Lipinski definition) is 0. The van der Waals surface area contributed by atoms with Crippen molar-refractivity contribution in [1.29, 1.82) is 0 Å². The van der Waals surface area contributed by atoms with Gasteiger partial charge >= 0.3 is 0 Å². The topological polar surface area (TPSA) is 26.1 Å². The number of para-hydroxylation sites is 1. The van der Waals surface area contributed by atoms with Crippen molar-refractivity contribution in [3.8, 4) is 0 Å². The third kappa shape index (κ3) is 2.25. The second-order valence-corrected chi connectivity index (χ2v) is 3.31. The molecular formula is C13H10FNO. The van der Waals surface area contributed by atoms with Gasteiger partial charge in [0.1, 0.15) is 5.82 Å². The van der Waals surface area contributed by atoms with Crippen LogP contribution in [-0.4, -0.2) is 11.0 Å². The van der Waals surface area contributed by atoms with Crippen LogP contribution >= 0.6 is 0 Å². The minimum Gasteiger partial charge on any atom is -0.618 e. The molecule has 0 amide bonds. The molecule has 80 valence electrons. The van der Waals surface area contributed by atoms with Gasteiger partial charge in [-0.3, -0.25) is 0 Å². The SMILES string of the molecule is [O-]/[N+](=C/c1ccccc1F)c1ccccc1. The summed E-state index contributed by atoms with van der Waals surface area (Å²) in [4.78, 5) is 0. The third-order valence-electron chi connectivity index (χ3n) is 2.17. The van der Waals surface area contributed by atoms with E-state index in [2.05, 4.69) is 0 Å². The van der Waals surface area contributed by atoms with E-state index in [1.165, 1.54) is 12.3 Å². The Morgan fingerprint density at radius 3 is 2.25 bits per heavy atom. The molecular weight excluding hydrogens is 205 g/mol. The van der Waals surface area contributed by atoms with E-state index in [-0.39, 0.29) is 5.56 Å². The molecule has 2 nitrogen and oxygen atoms in total. The highest BCUT2D eigenvalue weighted by Crippen LogP contribution is 2.10. The van der Waals surface area contributed by atoms with Crippen LogP contribution in [0.25, 0.3) is 0 Å². The van der Waals surface area contributed by atoms with Gasteiger partial charge in [0.2, 0.25) is 5.69 Å². The van der Waals surface area contributed by atoms with Crippen molar-refractivity contribution in [2.45, 2.75) is 0 Å². The molecule has 0 saturated heterocycles. The minimum absolute atomic E-state index is 0.279. The van der Waals surface area contributed by atoms with E-state index < -0.39 is 5.82 Å². The number of nitrogens with zero attached hydrogens (tertiary/aromatic N) is 1. The van der Waals surface area contributed by atoms with Gasteiger partial charge in [-0.25, -0.2) is 4.39 Å². The average molecular weight is 215 g/mol. The molecule has 2 aromatic carbocycles. The van der Waals surface area contributed by atoms with Crippen LogP contribution in [0, 0.1) is 11.0 Å². The molecule has 0 radical (unpaired) electrons. The number of rotatable bonds is 2. The Kier molecular flexibility index (Phi) is 2.96. The maximum Gasteiger partial charge on any atom is 0.216 e. The molecule has 0 unspecified atom stereocenters. The molecule has 0 heterocycles. The van der Waals surface area contributed by atoms with Gasteiger partial charge in [-0.05, 0) is 12.1 Å². The Hall–Kier alpha value is -2.16. The first-order valence-electron chi connectivity index (χ1n) is 4.88. The first kappa shape index (κ1) is 10.4. The predicted octanol–water partition coefficient (Wildman–Crippen LogP) is 3.09. The lowest BCUT2D eigenvalue weighted by Crippen LogP contribution is -2.00. The molecule has 2 aromatic rings. The molecule has 0 atom stereocenters. The molecule has 0 saturated carbocycles. The lowest BCUT2D eigenvalue weighted by molar-refractivity contribution is -0.354. The van der Waals surface area contributed by atoms with Crippen molar-refractivity contribution in [2.24, 2.45) is 0 Å². The zero-order chi connectivity index (χ0) is 11.4.